The second-order valence-electron chi connectivity index (χ2n) is 14.3. The Bertz CT molecular complexity index is 1010. The molecule has 10 atom stereocenters. The van der Waals surface area contributed by atoms with Crippen LogP contribution >= 0.6 is 0 Å². The first-order valence-electron chi connectivity index (χ1n) is 15.2. The van der Waals surface area contributed by atoms with Crippen LogP contribution in [0.4, 0.5) is 11.4 Å². The van der Waals surface area contributed by atoms with E-state index in [2.05, 4.69) is 33.8 Å². The van der Waals surface area contributed by atoms with E-state index >= 15 is 0 Å². The Morgan fingerprint density at radius 2 is 1.94 bits per heavy atom. The summed E-state index contributed by atoms with van der Waals surface area (Å²) < 4.78 is 6.48. The van der Waals surface area contributed by atoms with Gasteiger partial charge in [-0.2, -0.15) is 0 Å². The molecule has 0 bridgehead atoms. The number of fused-ring (bicyclic) bond motifs is 2. The lowest BCUT2D eigenvalue weighted by atomic mass is 9.33. The monoisotopic (exact) mass is 490 g/mol. The predicted octanol–water partition coefficient (Wildman–Crippen LogP) is 8.25. The summed E-state index contributed by atoms with van der Waals surface area (Å²) in [6.07, 6.45) is 18.2. The fraction of sp³-hybridized carbons (Fsp3) is 0.758. The molecule has 36 heavy (non-hydrogen) atoms. The maximum atomic E-state index is 6.48. The Morgan fingerprint density at radius 1 is 1.11 bits per heavy atom. The van der Waals surface area contributed by atoms with E-state index in [4.69, 9.17) is 16.2 Å². The molecular formula is C33H50N2O. The van der Waals surface area contributed by atoms with Gasteiger partial charge in [0.25, 0.3) is 0 Å². The van der Waals surface area contributed by atoms with Crippen molar-refractivity contribution in [3.8, 4) is 5.75 Å². The number of nitrogen functional groups attached to an aromatic ring is 2. The first kappa shape index (κ1) is 24.7. The number of hydrogen-bond donors (Lipinski definition) is 2. The zero-order chi connectivity index (χ0) is 25.2. The number of nitrogens with two attached hydrogens (primary N) is 2. The summed E-state index contributed by atoms with van der Waals surface area (Å²) in [6.45, 7) is 9.81. The Kier molecular flexibility index (Phi) is 6.16. The van der Waals surface area contributed by atoms with Crippen molar-refractivity contribution < 1.29 is 4.74 Å². The maximum Gasteiger partial charge on any atom is 0.142 e. The Labute approximate surface area is 219 Å². The van der Waals surface area contributed by atoms with Crippen LogP contribution in [-0.4, -0.2) is 6.10 Å². The van der Waals surface area contributed by atoms with Crippen LogP contribution in [0.5, 0.6) is 5.75 Å². The van der Waals surface area contributed by atoms with E-state index in [0.29, 0.717) is 28.3 Å². The predicted molar refractivity (Wildman–Crippen MR) is 151 cm³/mol. The number of benzene rings is 1. The molecule has 5 saturated carbocycles. The summed E-state index contributed by atoms with van der Waals surface area (Å²) in [6, 6.07) is 5.70. The summed E-state index contributed by atoms with van der Waals surface area (Å²) in [5.74, 6) is 7.48. The molecular weight excluding hydrogens is 440 g/mol. The van der Waals surface area contributed by atoms with Crippen LogP contribution in [0.2, 0.25) is 0 Å². The van der Waals surface area contributed by atoms with E-state index in [1.165, 1.54) is 76.2 Å². The van der Waals surface area contributed by atoms with Crippen LogP contribution in [0.3, 0.4) is 0 Å². The number of ether oxygens (including phenoxy) is 1. The van der Waals surface area contributed by atoms with Gasteiger partial charge in [0.1, 0.15) is 5.75 Å². The van der Waals surface area contributed by atoms with Crippen molar-refractivity contribution in [2.45, 2.75) is 104 Å². The van der Waals surface area contributed by atoms with E-state index in [-0.39, 0.29) is 0 Å². The van der Waals surface area contributed by atoms with Crippen molar-refractivity contribution in [2.24, 2.45) is 52.3 Å². The van der Waals surface area contributed by atoms with Crippen molar-refractivity contribution in [3.05, 3.63) is 29.8 Å². The molecule has 3 nitrogen and oxygen atoms in total. The highest BCUT2D eigenvalue weighted by Gasteiger charge is 2.70. The summed E-state index contributed by atoms with van der Waals surface area (Å²) in [5.41, 5.74) is 16.2. The lowest BCUT2D eigenvalue weighted by molar-refractivity contribution is -0.238. The number of rotatable bonds is 6. The van der Waals surface area contributed by atoms with Gasteiger partial charge in [0, 0.05) is 5.69 Å². The fourth-order valence-corrected chi connectivity index (χ4v) is 11.1. The molecule has 0 amide bonds. The Morgan fingerprint density at radius 3 is 2.72 bits per heavy atom. The molecule has 6 rings (SSSR count). The van der Waals surface area contributed by atoms with E-state index < -0.39 is 0 Å². The average Bonchev–Trinajstić information content (AvgIpc) is 3.16. The second-order valence-corrected chi connectivity index (χ2v) is 14.3. The summed E-state index contributed by atoms with van der Waals surface area (Å²) in [7, 11) is 0. The van der Waals surface area contributed by atoms with Crippen LogP contribution < -0.4 is 16.2 Å². The lowest BCUT2D eigenvalue weighted by Crippen LogP contribution is -2.66. The van der Waals surface area contributed by atoms with Crippen molar-refractivity contribution in [1.82, 2.24) is 0 Å². The third kappa shape index (κ3) is 3.81. The zero-order valence-corrected chi connectivity index (χ0v) is 23.3. The minimum absolute atomic E-state index is 0.313. The van der Waals surface area contributed by atoms with Gasteiger partial charge in [-0.1, -0.05) is 25.5 Å². The molecule has 3 heteroatoms. The van der Waals surface area contributed by atoms with Gasteiger partial charge < -0.3 is 16.2 Å². The molecule has 5 aliphatic rings. The highest BCUT2D eigenvalue weighted by molar-refractivity contribution is 5.60. The van der Waals surface area contributed by atoms with E-state index in [0.717, 1.165) is 47.2 Å². The van der Waals surface area contributed by atoms with Crippen LogP contribution in [0.15, 0.2) is 29.8 Å². The minimum atomic E-state index is 0.313. The summed E-state index contributed by atoms with van der Waals surface area (Å²) >= 11 is 0. The maximum absolute atomic E-state index is 6.48. The first-order valence-corrected chi connectivity index (χ1v) is 15.2. The van der Waals surface area contributed by atoms with Gasteiger partial charge in [-0.05, 0) is 155 Å². The largest absolute Gasteiger partial charge is 0.488 e. The highest BCUT2D eigenvalue weighted by Crippen LogP contribution is 2.77. The lowest BCUT2D eigenvalue weighted by Gasteiger charge is -2.72. The molecule has 0 radical (unpaired) electrons. The van der Waals surface area contributed by atoms with Crippen molar-refractivity contribution >= 4 is 11.4 Å². The normalized spacial score (nSPS) is 43.4. The van der Waals surface area contributed by atoms with Gasteiger partial charge in [-0.25, -0.2) is 0 Å². The molecule has 1 spiro atoms. The van der Waals surface area contributed by atoms with Gasteiger partial charge in [0.2, 0.25) is 0 Å². The molecule has 0 heterocycles. The van der Waals surface area contributed by atoms with Crippen molar-refractivity contribution in [2.75, 3.05) is 11.5 Å². The van der Waals surface area contributed by atoms with Crippen LogP contribution in [0.1, 0.15) is 98.3 Å². The van der Waals surface area contributed by atoms with E-state index in [1.807, 2.05) is 18.2 Å². The first-order chi connectivity index (χ1) is 17.2. The van der Waals surface area contributed by atoms with Crippen LogP contribution in [-0.2, 0) is 0 Å². The van der Waals surface area contributed by atoms with Crippen molar-refractivity contribution in [1.29, 1.82) is 0 Å². The molecule has 0 aliphatic heterocycles. The van der Waals surface area contributed by atoms with Gasteiger partial charge in [0.05, 0.1) is 11.8 Å². The van der Waals surface area contributed by atoms with Crippen molar-refractivity contribution in [3.63, 3.8) is 0 Å². The summed E-state index contributed by atoms with van der Waals surface area (Å²) in [5, 5.41) is 0. The van der Waals surface area contributed by atoms with Gasteiger partial charge in [-0.3, -0.25) is 0 Å². The summed E-state index contributed by atoms with van der Waals surface area (Å²) in [4.78, 5) is 0. The van der Waals surface area contributed by atoms with E-state index in [9.17, 15) is 0 Å². The SMILES string of the molecule is CC(C)=CCCC(C)C1CCC2C3CCC4CC(Oc5ccc(N)cc5N)CCC45CC(CC12C)C35. The number of anilines is 2. The smallest absolute Gasteiger partial charge is 0.142 e. The highest BCUT2D eigenvalue weighted by atomic mass is 16.5. The third-order valence-electron chi connectivity index (χ3n) is 12.3. The van der Waals surface area contributed by atoms with Crippen LogP contribution in [0.25, 0.3) is 0 Å². The minimum Gasteiger partial charge on any atom is -0.488 e. The Hall–Kier alpha value is -1.64. The third-order valence-corrected chi connectivity index (χ3v) is 12.3. The molecule has 5 fully saturated rings. The molecule has 1 aromatic rings. The Balaban J connectivity index is 1.14. The molecule has 10 unspecified atom stereocenters. The average molecular weight is 491 g/mol. The van der Waals surface area contributed by atoms with E-state index in [1.54, 1.807) is 0 Å². The second kappa shape index (κ2) is 8.98. The molecule has 4 N–H and O–H groups in total. The van der Waals surface area contributed by atoms with Gasteiger partial charge >= 0.3 is 0 Å². The molecule has 5 aliphatic carbocycles. The van der Waals surface area contributed by atoms with Crippen LogP contribution in [0, 0.1) is 52.3 Å². The topological polar surface area (TPSA) is 61.3 Å². The molecule has 0 aromatic heterocycles. The zero-order valence-electron chi connectivity index (χ0n) is 23.3. The van der Waals surface area contributed by atoms with Gasteiger partial charge in [0.15, 0.2) is 0 Å². The molecule has 1 aromatic carbocycles. The quantitative estimate of drug-likeness (QED) is 0.312. The number of allylic oxidation sites excluding steroid dienone is 2. The molecule has 0 saturated heterocycles. The number of hydrogen-bond acceptors (Lipinski definition) is 3. The standard InChI is InChI=1S/C33H50N2O/c1-20(2)6-5-7-21(3)27-11-12-28-26-10-8-23-16-25(36-30-13-9-24(34)17-29(30)35)14-15-33(23)19-22(31(26)33)18-32(27,28)4/h6,9,13,17,21-23,25-28,31H,5,7-8,10-12,14-16,18-19,34-35H2,1-4H3. The molecule has 198 valence electrons. The van der Waals surface area contributed by atoms with Gasteiger partial charge in [-0.15, -0.1) is 0 Å². The fourth-order valence-electron chi connectivity index (χ4n) is 11.1.